The average Bonchev–Trinajstić information content (AvgIpc) is 3.30. The smallest absolute Gasteiger partial charge is 0.238 e. The van der Waals surface area contributed by atoms with Crippen LogP contribution in [0.5, 0.6) is 11.5 Å². The zero-order valence-corrected chi connectivity index (χ0v) is 19.8. The number of nitrogens with zero attached hydrogens (tertiary/aromatic N) is 2. The van der Waals surface area contributed by atoms with Crippen molar-refractivity contribution in [2.45, 2.75) is 18.2 Å². The molecule has 0 aliphatic carbocycles. The number of anilines is 1. The molecule has 1 atom stereocenters. The SMILES string of the molecule is O=C(Nc1ccc(F)cc1)C1CC(=O)N(Cc2ccc3c(c2)OCO3)C(=Nc2cccc(Cl)c2)S1. The van der Waals surface area contributed by atoms with Crippen LogP contribution in [0.3, 0.4) is 0 Å². The van der Waals surface area contributed by atoms with Gasteiger partial charge in [-0.1, -0.05) is 35.5 Å². The van der Waals surface area contributed by atoms with Crippen molar-refractivity contribution in [1.29, 1.82) is 0 Å². The molecular weight excluding hydrogens is 493 g/mol. The third-order valence-electron chi connectivity index (χ3n) is 5.35. The molecule has 0 bridgehead atoms. The Hall–Kier alpha value is -3.56. The molecule has 2 amide bonds. The Kier molecular flexibility index (Phi) is 6.61. The highest BCUT2D eigenvalue weighted by Crippen LogP contribution is 2.35. The van der Waals surface area contributed by atoms with E-state index < -0.39 is 11.1 Å². The number of amides is 2. The molecule has 178 valence electrons. The van der Waals surface area contributed by atoms with Crippen LogP contribution in [0.15, 0.2) is 71.7 Å². The number of hydrogen-bond acceptors (Lipinski definition) is 6. The molecule has 1 N–H and O–H groups in total. The first-order valence-electron chi connectivity index (χ1n) is 10.7. The highest BCUT2D eigenvalue weighted by molar-refractivity contribution is 8.15. The van der Waals surface area contributed by atoms with Gasteiger partial charge in [0.05, 0.1) is 12.2 Å². The second-order valence-electron chi connectivity index (χ2n) is 7.85. The van der Waals surface area contributed by atoms with Gasteiger partial charge in [0.1, 0.15) is 11.1 Å². The van der Waals surface area contributed by atoms with Gasteiger partial charge in [-0.15, -0.1) is 0 Å². The molecule has 2 aliphatic heterocycles. The van der Waals surface area contributed by atoms with Crippen molar-refractivity contribution in [3.63, 3.8) is 0 Å². The van der Waals surface area contributed by atoms with Crippen LogP contribution in [0.4, 0.5) is 15.8 Å². The first-order chi connectivity index (χ1) is 16.9. The van der Waals surface area contributed by atoms with E-state index in [1.54, 1.807) is 35.2 Å². The van der Waals surface area contributed by atoms with Crippen LogP contribution >= 0.6 is 23.4 Å². The average molecular weight is 512 g/mol. The first kappa shape index (κ1) is 23.2. The van der Waals surface area contributed by atoms with Gasteiger partial charge in [0, 0.05) is 17.1 Å². The van der Waals surface area contributed by atoms with E-state index in [2.05, 4.69) is 10.3 Å². The summed E-state index contributed by atoms with van der Waals surface area (Å²) in [5.41, 5.74) is 1.83. The van der Waals surface area contributed by atoms with Crippen molar-refractivity contribution < 1.29 is 23.5 Å². The largest absolute Gasteiger partial charge is 0.454 e. The molecule has 5 rings (SSSR count). The summed E-state index contributed by atoms with van der Waals surface area (Å²) < 4.78 is 24.0. The van der Waals surface area contributed by atoms with Crippen molar-refractivity contribution in [2.75, 3.05) is 12.1 Å². The predicted molar refractivity (Wildman–Crippen MR) is 133 cm³/mol. The summed E-state index contributed by atoms with van der Waals surface area (Å²) in [7, 11) is 0. The summed E-state index contributed by atoms with van der Waals surface area (Å²) in [5, 5.41) is 2.91. The van der Waals surface area contributed by atoms with Crippen LogP contribution in [0.1, 0.15) is 12.0 Å². The Labute approximate surface area is 209 Å². The minimum atomic E-state index is -0.710. The van der Waals surface area contributed by atoms with E-state index in [1.165, 1.54) is 36.0 Å². The number of carbonyl (C=O) groups excluding carboxylic acids is 2. The molecule has 1 unspecified atom stereocenters. The Morgan fingerprint density at radius 2 is 1.91 bits per heavy atom. The Bertz CT molecular complexity index is 1320. The fourth-order valence-electron chi connectivity index (χ4n) is 3.63. The van der Waals surface area contributed by atoms with E-state index in [0.717, 1.165) is 5.56 Å². The van der Waals surface area contributed by atoms with Crippen LogP contribution in [0.25, 0.3) is 0 Å². The molecule has 1 saturated heterocycles. The predicted octanol–water partition coefficient (Wildman–Crippen LogP) is 5.37. The molecule has 10 heteroatoms. The second kappa shape index (κ2) is 9.97. The number of thioether (sulfide) groups is 1. The van der Waals surface area contributed by atoms with Crippen molar-refractivity contribution in [2.24, 2.45) is 4.99 Å². The number of amidine groups is 1. The topological polar surface area (TPSA) is 80.2 Å². The summed E-state index contributed by atoms with van der Waals surface area (Å²) in [6.07, 6.45) is -0.0171. The standard InChI is InChI=1S/C25H19ClFN3O4S/c26-16-2-1-3-19(11-16)29-25-30(13-15-4-9-20-21(10-15)34-14-33-20)23(31)12-22(35-25)24(32)28-18-7-5-17(27)6-8-18/h1-11,22H,12-14H2,(H,28,32). The van der Waals surface area contributed by atoms with Crippen LogP contribution < -0.4 is 14.8 Å². The number of benzene rings is 3. The lowest BCUT2D eigenvalue weighted by molar-refractivity contribution is -0.129. The van der Waals surface area contributed by atoms with Crippen LogP contribution in [0.2, 0.25) is 5.02 Å². The molecule has 3 aromatic rings. The third-order valence-corrected chi connectivity index (χ3v) is 6.78. The number of carbonyl (C=O) groups is 2. The molecule has 1 fully saturated rings. The third kappa shape index (κ3) is 5.41. The molecule has 2 aliphatic rings. The Balaban J connectivity index is 1.41. The lowest BCUT2D eigenvalue weighted by Gasteiger charge is -2.32. The van der Waals surface area contributed by atoms with Gasteiger partial charge < -0.3 is 14.8 Å². The molecule has 7 nitrogen and oxygen atoms in total. The summed E-state index contributed by atoms with van der Waals surface area (Å²) in [4.78, 5) is 32.4. The Morgan fingerprint density at radius 1 is 1.11 bits per heavy atom. The first-order valence-corrected chi connectivity index (χ1v) is 12.0. The second-order valence-corrected chi connectivity index (χ2v) is 9.45. The minimum Gasteiger partial charge on any atom is -0.454 e. The van der Waals surface area contributed by atoms with Gasteiger partial charge in [-0.05, 0) is 60.2 Å². The van der Waals surface area contributed by atoms with Crippen LogP contribution in [-0.2, 0) is 16.1 Å². The fraction of sp³-hybridized carbons (Fsp3) is 0.160. The number of nitrogens with one attached hydrogen (secondary N) is 1. The Morgan fingerprint density at radius 3 is 2.71 bits per heavy atom. The molecule has 0 radical (unpaired) electrons. The van der Waals surface area contributed by atoms with Crippen molar-refractivity contribution >= 4 is 51.7 Å². The normalized spacial score (nSPS) is 18.1. The van der Waals surface area contributed by atoms with E-state index >= 15 is 0 Å². The summed E-state index contributed by atoms with van der Waals surface area (Å²) in [5.74, 6) is 0.251. The van der Waals surface area contributed by atoms with E-state index in [0.29, 0.717) is 33.1 Å². The van der Waals surface area contributed by atoms with Gasteiger partial charge in [-0.2, -0.15) is 0 Å². The lowest BCUT2D eigenvalue weighted by Crippen LogP contribution is -2.44. The van der Waals surface area contributed by atoms with E-state index in [1.807, 2.05) is 12.1 Å². The monoisotopic (exact) mass is 511 g/mol. The van der Waals surface area contributed by atoms with Gasteiger partial charge in [0.15, 0.2) is 16.7 Å². The summed E-state index contributed by atoms with van der Waals surface area (Å²) in [6.45, 7) is 0.401. The number of fused-ring (bicyclic) bond motifs is 1. The highest BCUT2D eigenvalue weighted by Gasteiger charge is 2.36. The number of ether oxygens (including phenoxy) is 2. The van der Waals surface area contributed by atoms with Crippen LogP contribution in [-0.4, -0.2) is 33.9 Å². The van der Waals surface area contributed by atoms with Gasteiger partial charge in [-0.25, -0.2) is 9.38 Å². The van der Waals surface area contributed by atoms with E-state index in [-0.39, 0.29) is 31.6 Å². The van der Waals surface area contributed by atoms with Gasteiger partial charge in [-0.3, -0.25) is 14.5 Å². The van der Waals surface area contributed by atoms with Crippen molar-refractivity contribution in [3.8, 4) is 11.5 Å². The number of halogens is 2. The zero-order valence-electron chi connectivity index (χ0n) is 18.2. The molecule has 0 saturated carbocycles. The summed E-state index contributed by atoms with van der Waals surface area (Å²) >= 11 is 7.31. The maximum absolute atomic E-state index is 13.2. The van der Waals surface area contributed by atoms with Gasteiger partial charge in [0.2, 0.25) is 18.6 Å². The quantitative estimate of drug-likeness (QED) is 0.498. The molecule has 2 heterocycles. The van der Waals surface area contributed by atoms with Gasteiger partial charge in [0.25, 0.3) is 0 Å². The van der Waals surface area contributed by atoms with Gasteiger partial charge >= 0.3 is 0 Å². The van der Waals surface area contributed by atoms with E-state index in [9.17, 15) is 14.0 Å². The minimum absolute atomic E-state index is 0.0171. The maximum atomic E-state index is 13.2. The number of rotatable bonds is 5. The maximum Gasteiger partial charge on any atom is 0.238 e. The lowest BCUT2D eigenvalue weighted by atomic mass is 10.1. The number of hydrogen-bond donors (Lipinski definition) is 1. The zero-order chi connectivity index (χ0) is 24.4. The molecule has 35 heavy (non-hydrogen) atoms. The fourth-order valence-corrected chi connectivity index (χ4v) is 4.91. The van der Waals surface area contributed by atoms with Crippen molar-refractivity contribution in [1.82, 2.24) is 4.90 Å². The molecule has 3 aromatic carbocycles. The molecule has 0 aromatic heterocycles. The summed E-state index contributed by atoms with van der Waals surface area (Å²) in [6, 6.07) is 17.9. The molecular formula is C25H19ClFN3O4S. The number of aliphatic imine (C=N–C) groups is 1. The molecule has 0 spiro atoms. The highest BCUT2D eigenvalue weighted by atomic mass is 35.5. The van der Waals surface area contributed by atoms with Crippen molar-refractivity contribution in [3.05, 3.63) is 83.1 Å². The van der Waals surface area contributed by atoms with Crippen LogP contribution in [0, 0.1) is 5.82 Å². The van der Waals surface area contributed by atoms with E-state index in [4.69, 9.17) is 21.1 Å².